The molecule has 0 saturated carbocycles. The van der Waals surface area contributed by atoms with Crippen LogP contribution in [0.1, 0.15) is 13.8 Å². The average Bonchev–Trinajstić information content (AvgIpc) is 2.29. The predicted octanol–water partition coefficient (Wildman–Crippen LogP) is 2.53. The molecule has 0 amide bonds. The first-order chi connectivity index (χ1) is 7.95. The van der Waals surface area contributed by atoms with E-state index >= 15 is 0 Å². The summed E-state index contributed by atoms with van der Waals surface area (Å²) < 4.78 is 0. The normalized spacial score (nSPS) is 12.2. The quantitative estimate of drug-likeness (QED) is 0.845. The van der Waals surface area contributed by atoms with Gasteiger partial charge < -0.3 is 10.6 Å². The first kappa shape index (κ1) is 14.4. The Balaban J connectivity index is 2.93. The Morgan fingerprint density at radius 2 is 2.18 bits per heavy atom. The third-order valence-electron chi connectivity index (χ3n) is 2.40. The summed E-state index contributed by atoms with van der Waals surface area (Å²) in [5.74, 6) is 0.0907. The average molecular weight is 293 g/mol. The monoisotopic (exact) mass is 292 g/mol. The molecule has 4 nitrogen and oxygen atoms in total. The molecule has 1 aromatic rings. The summed E-state index contributed by atoms with van der Waals surface area (Å²) in [6.07, 6.45) is 0. The van der Waals surface area contributed by atoms with E-state index < -0.39 is 0 Å². The van der Waals surface area contributed by atoms with Gasteiger partial charge in [-0.3, -0.25) is 0 Å². The summed E-state index contributed by atoms with van der Waals surface area (Å²) in [4.78, 5) is 2.50. The fourth-order valence-electron chi connectivity index (χ4n) is 1.38. The van der Waals surface area contributed by atoms with E-state index in [0.717, 1.165) is 12.2 Å². The van der Waals surface area contributed by atoms with Crippen molar-refractivity contribution in [2.24, 2.45) is 11.7 Å². The van der Waals surface area contributed by atoms with Crippen molar-refractivity contribution in [2.75, 3.05) is 18.0 Å². The molecule has 0 radical (unpaired) electrons. The summed E-state index contributed by atoms with van der Waals surface area (Å²) in [6, 6.07) is 1.69. The van der Waals surface area contributed by atoms with Crippen LogP contribution in [0.15, 0.2) is 6.07 Å². The van der Waals surface area contributed by atoms with Crippen LogP contribution in [0.5, 0.6) is 0 Å². The number of anilines is 1. The molecule has 0 fully saturated rings. The Kier molecular flexibility index (Phi) is 5.36. The van der Waals surface area contributed by atoms with Crippen molar-refractivity contribution >= 4 is 46.1 Å². The van der Waals surface area contributed by atoms with Crippen molar-refractivity contribution in [1.82, 2.24) is 10.2 Å². The third-order valence-corrected chi connectivity index (χ3v) is 3.26. The van der Waals surface area contributed by atoms with Crippen molar-refractivity contribution in [3.8, 4) is 0 Å². The standard InChI is InChI=1S/C10H14Cl2N4S/c1-3-16(5-6(2)10(13)17)7-4-8(11)14-15-9(7)12/h4,6H,3,5H2,1-2H3,(H2,13,17). The van der Waals surface area contributed by atoms with Gasteiger partial charge in [-0.1, -0.05) is 42.3 Å². The number of hydrogen-bond donors (Lipinski definition) is 1. The zero-order valence-electron chi connectivity index (χ0n) is 9.65. The van der Waals surface area contributed by atoms with E-state index in [4.69, 9.17) is 41.2 Å². The van der Waals surface area contributed by atoms with E-state index in [1.54, 1.807) is 6.07 Å². The van der Waals surface area contributed by atoms with Gasteiger partial charge in [0.2, 0.25) is 0 Å². The number of halogens is 2. The Labute approximate surface area is 116 Å². The SMILES string of the molecule is CCN(CC(C)C(N)=S)c1cc(Cl)nnc1Cl. The Hall–Kier alpha value is -0.650. The van der Waals surface area contributed by atoms with Crippen LogP contribution < -0.4 is 10.6 Å². The van der Waals surface area contributed by atoms with E-state index in [0.29, 0.717) is 21.8 Å². The Bertz CT molecular complexity index is 413. The van der Waals surface area contributed by atoms with E-state index in [9.17, 15) is 0 Å². The van der Waals surface area contributed by atoms with Gasteiger partial charge in [0.1, 0.15) is 0 Å². The van der Waals surface area contributed by atoms with E-state index in [1.807, 2.05) is 18.7 Å². The number of nitrogens with two attached hydrogens (primary N) is 1. The summed E-state index contributed by atoms with van der Waals surface area (Å²) in [7, 11) is 0. The second-order valence-electron chi connectivity index (χ2n) is 3.69. The minimum Gasteiger partial charge on any atom is -0.393 e. The predicted molar refractivity (Wildman–Crippen MR) is 75.9 cm³/mol. The molecule has 0 aliphatic carbocycles. The molecule has 0 aliphatic heterocycles. The summed E-state index contributed by atoms with van der Waals surface area (Å²) in [5.41, 5.74) is 6.35. The van der Waals surface area contributed by atoms with Crippen LogP contribution in [-0.2, 0) is 0 Å². The van der Waals surface area contributed by atoms with Gasteiger partial charge in [0.15, 0.2) is 10.3 Å². The fourth-order valence-corrected chi connectivity index (χ4v) is 1.81. The molecule has 0 aromatic carbocycles. The summed E-state index contributed by atoms with van der Waals surface area (Å²) >= 11 is 16.8. The van der Waals surface area contributed by atoms with Gasteiger partial charge >= 0.3 is 0 Å². The van der Waals surface area contributed by atoms with Crippen molar-refractivity contribution in [2.45, 2.75) is 13.8 Å². The molecule has 2 N–H and O–H groups in total. The number of rotatable bonds is 5. The number of nitrogens with zero attached hydrogens (tertiary/aromatic N) is 3. The highest BCUT2D eigenvalue weighted by atomic mass is 35.5. The molecule has 0 bridgehead atoms. The first-order valence-corrected chi connectivity index (χ1v) is 6.35. The second kappa shape index (κ2) is 6.33. The first-order valence-electron chi connectivity index (χ1n) is 5.18. The smallest absolute Gasteiger partial charge is 0.175 e. The lowest BCUT2D eigenvalue weighted by Gasteiger charge is -2.26. The van der Waals surface area contributed by atoms with Gasteiger partial charge in [0.05, 0.1) is 10.7 Å². The van der Waals surface area contributed by atoms with Crippen molar-refractivity contribution in [1.29, 1.82) is 0 Å². The van der Waals surface area contributed by atoms with Crippen LogP contribution in [0.4, 0.5) is 5.69 Å². The largest absolute Gasteiger partial charge is 0.393 e. The van der Waals surface area contributed by atoms with Gasteiger partial charge in [0.25, 0.3) is 0 Å². The highest BCUT2D eigenvalue weighted by Crippen LogP contribution is 2.25. The lowest BCUT2D eigenvalue weighted by Crippen LogP contribution is -2.34. The van der Waals surface area contributed by atoms with E-state index in [-0.39, 0.29) is 5.92 Å². The van der Waals surface area contributed by atoms with Crippen LogP contribution >= 0.6 is 35.4 Å². The Morgan fingerprint density at radius 3 is 2.71 bits per heavy atom. The van der Waals surface area contributed by atoms with E-state index in [2.05, 4.69) is 10.2 Å². The van der Waals surface area contributed by atoms with Gasteiger partial charge in [-0.2, -0.15) is 0 Å². The van der Waals surface area contributed by atoms with E-state index in [1.165, 1.54) is 0 Å². The van der Waals surface area contributed by atoms with Gasteiger partial charge in [0, 0.05) is 25.1 Å². The van der Waals surface area contributed by atoms with Crippen molar-refractivity contribution in [3.05, 3.63) is 16.4 Å². The lowest BCUT2D eigenvalue weighted by atomic mass is 10.1. The maximum Gasteiger partial charge on any atom is 0.175 e. The Morgan fingerprint density at radius 1 is 1.53 bits per heavy atom. The van der Waals surface area contributed by atoms with Gasteiger partial charge in [-0.15, -0.1) is 10.2 Å². The maximum atomic E-state index is 5.99. The molecule has 1 atom stereocenters. The molecule has 1 heterocycles. The summed E-state index contributed by atoms with van der Waals surface area (Å²) in [5, 5.41) is 8.09. The molecule has 7 heteroatoms. The van der Waals surface area contributed by atoms with Crippen molar-refractivity contribution in [3.63, 3.8) is 0 Å². The molecule has 1 unspecified atom stereocenters. The molecule has 94 valence electrons. The van der Waals surface area contributed by atoms with Gasteiger partial charge in [-0.25, -0.2) is 0 Å². The van der Waals surface area contributed by atoms with Crippen LogP contribution in [0.2, 0.25) is 10.3 Å². The molecule has 0 spiro atoms. The second-order valence-corrected chi connectivity index (χ2v) is 4.90. The van der Waals surface area contributed by atoms with Crippen molar-refractivity contribution < 1.29 is 0 Å². The molecular formula is C10H14Cl2N4S. The summed E-state index contributed by atoms with van der Waals surface area (Å²) in [6.45, 7) is 5.41. The highest BCUT2D eigenvalue weighted by molar-refractivity contribution is 7.80. The zero-order chi connectivity index (χ0) is 13.0. The third kappa shape index (κ3) is 3.94. The number of hydrogen-bond acceptors (Lipinski definition) is 4. The van der Waals surface area contributed by atoms with Gasteiger partial charge in [-0.05, 0) is 6.92 Å². The topological polar surface area (TPSA) is 55.0 Å². The van der Waals surface area contributed by atoms with Crippen LogP contribution in [0, 0.1) is 5.92 Å². The number of aromatic nitrogens is 2. The minimum absolute atomic E-state index is 0.0907. The highest BCUT2D eigenvalue weighted by Gasteiger charge is 2.15. The lowest BCUT2D eigenvalue weighted by molar-refractivity contribution is 0.705. The van der Waals surface area contributed by atoms with Crippen LogP contribution in [-0.4, -0.2) is 28.3 Å². The van der Waals surface area contributed by atoms with Crippen LogP contribution in [0.3, 0.4) is 0 Å². The molecule has 1 rings (SSSR count). The molecule has 1 aromatic heterocycles. The molecule has 17 heavy (non-hydrogen) atoms. The minimum atomic E-state index is 0.0907. The fraction of sp³-hybridized carbons (Fsp3) is 0.500. The number of thiocarbonyl (C=S) groups is 1. The molecule has 0 aliphatic rings. The maximum absolute atomic E-state index is 5.99. The van der Waals surface area contributed by atoms with Crippen LogP contribution in [0.25, 0.3) is 0 Å². The zero-order valence-corrected chi connectivity index (χ0v) is 12.0. The molecular weight excluding hydrogens is 279 g/mol. The molecule has 0 saturated heterocycles.